The fraction of sp³-hybridized carbons (Fsp3) is 0.0526. The Hall–Kier alpha value is -2.94. The fourth-order valence-electron chi connectivity index (χ4n) is 1.87. The molecule has 0 aliphatic rings. The molecule has 3 rings (SSSR count). The summed E-state index contributed by atoms with van der Waals surface area (Å²) in [6, 6.07) is 23.9. The largest absolute Gasteiger partial charge is 0.508 e. The highest BCUT2D eigenvalue weighted by atomic mass is 16.5. The van der Waals surface area contributed by atoms with Crippen LogP contribution in [-0.2, 0) is 0 Å². The van der Waals surface area contributed by atoms with Gasteiger partial charge in [0.15, 0.2) is 0 Å². The van der Waals surface area contributed by atoms with Crippen LogP contribution in [0.5, 0.6) is 17.2 Å². The van der Waals surface area contributed by atoms with Crippen molar-refractivity contribution >= 4 is 0 Å². The van der Waals surface area contributed by atoms with Crippen molar-refractivity contribution in [2.45, 2.75) is 0 Å². The van der Waals surface area contributed by atoms with Gasteiger partial charge in [-0.2, -0.15) is 0 Å². The summed E-state index contributed by atoms with van der Waals surface area (Å²) in [5, 5.41) is 17.9. The van der Waals surface area contributed by atoms with E-state index in [0.717, 1.165) is 11.3 Å². The van der Waals surface area contributed by atoms with Crippen LogP contribution in [0.15, 0.2) is 78.9 Å². The van der Waals surface area contributed by atoms with Crippen molar-refractivity contribution in [3.63, 3.8) is 0 Å². The van der Waals surface area contributed by atoms with Crippen molar-refractivity contribution in [2.24, 2.45) is 0 Å². The van der Waals surface area contributed by atoms with Crippen LogP contribution in [0.1, 0.15) is 0 Å². The van der Waals surface area contributed by atoms with Gasteiger partial charge in [-0.05, 0) is 47.5 Å². The lowest BCUT2D eigenvalue weighted by Gasteiger charge is -2.00. The Labute approximate surface area is 130 Å². The molecule has 3 nitrogen and oxygen atoms in total. The summed E-state index contributed by atoms with van der Waals surface area (Å²) in [6.45, 7) is 0. The van der Waals surface area contributed by atoms with E-state index in [0.29, 0.717) is 5.75 Å². The van der Waals surface area contributed by atoms with Crippen LogP contribution in [0.3, 0.4) is 0 Å². The second-order valence-electron chi connectivity index (χ2n) is 4.61. The van der Waals surface area contributed by atoms with E-state index in [-0.39, 0.29) is 5.75 Å². The van der Waals surface area contributed by atoms with Crippen LogP contribution in [0.4, 0.5) is 0 Å². The van der Waals surface area contributed by atoms with E-state index in [9.17, 15) is 0 Å². The molecular formula is C19H18O3. The standard InChI is InChI=1S/C12H10O.C7H8O2/c13-12-8-6-11(7-9-12)10-4-2-1-3-5-10;1-9-7-4-2-6(8)3-5-7/h1-9,13H;2-5,8H,1H3. The molecule has 0 spiro atoms. The van der Waals surface area contributed by atoms with E-state index in [1.165, 1.54) is 5.56 Å². The summed E-state index contributed by atoms with van der Waals surface area (Å²) < 4.78 is 4.86. The van der Waals surface area contributed by atoms with Gasteiger partial charge in [-0.3, -0.25) is 0 Å². The third-order valence-electron chi connectivity index (χ3n) is 3.05. The summed E-state index contributed by atoms with van der Waals surface area (Å²) in [4.78, 5) is 0. The molecule has 0 aromatic heterocycles. The predicted molar refractivity (Wildman–Crippen MR) is 88.2 cm³/mol. The van der Waals surface area contributed by atoms with E-state index in [4.69, 9.17) is 14.9 Å². The number of phenols is 2. The normalized spacial score (nSPS) is 9.50. The minimum absolute atomic E-state index is 0.260. The maximum atomic E-state index is 9.10. The summed E-state index contributed by atoms with van der Waals surface area (Å²) in [5.74, 6) is 1.32. The first-order valence-electron chi connectivity index (χ1n) is 6.86. The highest BCUT2D eigenvalue weighted by molar-refractivity contribution is 5.63. The van der Waals surface area contributed by atoms with E-state index >= 15 is 0 Å². The molecule has 0 aliphatic carbocycles. The van der Waals surface area contributed by atoms with Crippen molar-refractivity contribution in [3.05, 3.63) is 78.9 Å². The Kier molecular flexibility index (Phi) is 5.44. The molecule has 22 heavy (non-hydrogen) atoms. The van der Waals surface area contributed by atoms with Crippen molar-refractivity contribution in [2.75, 3.05) is 7.11 Å². The molecule has 0 amide bonds. The van der Waals surface area contributed by atoms with E-state index < -0.39 is 0 Å². The first-order valence-corrected chi connectivity index (χ1v) is 6.86. The molecular weight excluding hydrogens is 276 g/mol. The van der Waals surface area contributed by atoms with Gasteiger partial charge in [0.1, 0.15) is 17.2 Å². The molecule has 0 saturated heterocycles. The molecule has 0 saturated carbocycles. The zero-order valence-corrected chi connectivity index (χ0v) is 12.3. The number of aromatic hydroxyl groups is 2. The monoisotopic (exact) mass is 294 g/mol. The molecule has 2 N–H and O–H groups in total. The third kappa shape index (κ3) is 4.56. The van der Waals surface area contributed by atoms with Gasteiger partial charge >= 0.3 is 0 Å². The van der Waals surface area contributed by atoms with Crippen molar-refractivity contribution in [1.82, 2.24) is 0 Å². The molecule has 3 heteroatoms. The Morgan fingerprint density at radius 3 is 1.55 bits per heavy atom. The maximum Gasteiger partial charge on any atom is 0.119 e. The molecule has 0 bridgehead atoms. The molecule has 0 radical (unpaired) electrons. The van der Waals surface area contributed by atoms with Gasteiger partial charge in [0.25, 0.3) is 0 Å². The lowest BCUT2D eigenvalue weighted by Crippen LogP contribution is -1.79. The third-order valence-corrected chi connectivity index (χ3v) is 3.05. The number of phenolic OH excluding ortho intramolecular Hbond substituents is 2. The van der Waals surface area contributed by atoms with Gasteiger partial charge in [0, 0.05) is 0 Å². The highest BCUT2D eigenvalue weighted by Crippen LogP contribution is 2.20. The smallest absolute Gasteiger partial charge is 0.119 e. The molecule has 3 aromatic rings. The van der Waals surface area contributed by atoms with Crippen molar-refractivity contribution in [3.8, 4) is 28.4 Å². The van der Waals surface area contributed by atoms with E-state index in [1.807, 2.05) is 42.5 Å². The molecule has 0 unspecified atom stereocenters. The SMILES string of the molecule is COc1ccc(O)cc1.Oc1ccc(-c2ccccc2)cc1. The first-order chi connectivity index (χ1) is 10.7. The minimum Gasteiger partial charge on any atom is -0.508 e. The zero-order chi connectivity index (χ0) is 15.8. The van der Waals surface area contributed by atoms with Crippen LogP contribution in [0, 0.1) is 0 Å². The number of methoxy groups -OCH3 is 1. The summed E-state index contributed by atoms with van der Waals surface area (Å²) >= 11 is 0. The Morgan fingerprint density at radius 2 is 1.05 bits per heavy atom. The molecule has 112 valence electrons. The van der Waals surface area contributed by atoms with Crippen LogP contribution < -0.4 is 4.74 Å². The first kappa shape index (κ1) is 15.4. The lowest BCUT2D eigenvalue weighted by molar-refractivity contribution is 0.412. The zero-order valence-electron chi connectivity index (χ0n) is 12.3. The summed E-state index contributed by atoms with van der Waals surface area (Å²) in [5.41, 5.74) is 2.29. The predicted octanol–water partition coefficient (Wildman–Crippen LogP) is 4.46. The Balaban J connectivity index is 0.000000172. The number of hydrogen-bond acceptors (Lipinski definition) is 3. The quantitative estimate of drug-likeness (QED) is 0.733. The second kappa shape index (κ2) is 7.74. The highest BCUT2D eigenvalue weighted by Gasteiger charge is 1.94. The number of ether oxygens (including phenoxy) is 1. The number of benzene rings is 3. The van der Waals surface area contributed by atoms with Crippen LogP contribution in [-0.4, -0.2) is 17.3 Å². The second-order valence-corrected chi connectivity index (χ2v) is 4.61. The summed E-state index contributed by atoms with van der Waals surface area (Å²) in [6.07, 6.45) is 0. The van der Waals surface area contributed by atoms with E-state index in [2.05, 4.69) is 0 Å². The average molecular weight is 294 g/mol. The minimum atomic E-state index is 0.260. The number of hydrogen-bond donors (Lipinski definition) is 2. The van der Waals surface area contributed by atoms with Gasteiger partial charge in [0.2, 0.25) is 0 Å². The van der Waals surface area contributed by atoms with Crippen molar-refractivity contribution in [1.29, 1.82) is 0 Å². The van der Waals surface area contributed by atoms with Gasteiger partial charge in [-0.15, -0.1) is 0 Å². The molecule has 0 fully saturated rings. The van der Waals surface area contributed by atoms with Gasteiger partial charge < -0.3 is 14.9 Å². The van der Waals surface area contributed by atoms with Crippen LogP contribution in [0.25, 0.3) is 11.1 Å². The molecule has 3 aromatic carbocycles. The fourth-order valence-corrected chi connectivity index (χ4v) is 1.87. The van der Waals surface area contributed by atoms with Gasteiger partial charge in [-0.25, -0.2) is 0 Å². The van der Waals surface area contributed by atoms with Gasteiger partial charge in [0.05, 0.1) is 7.11 Å². The van der Waals surface area contributed by atoms with Crippen molar-refractivity contribution < 1.29 is 14.9 Å². The maximum absolute atomic E-state index is 9.10. The van der Waals surface area contributed by atoms with Gasteiger partial charge in [-0.1, -0.05) is 42.5 Å². The Morgan fingerprint density at radius 1 is 0.591 bits per heavy atom. The number of rotatable bonds is 2. The molecule has 0 heterocycles. The average Bonchev–Trinajstić information content (AvgIpc) is 2.58. The Bertz CT molecular complexity index is 674. The molecule has 0 aliphatic heterocycles. The van der Waals surface area contributed by atoms with E-state index in [1.54, 1.807) is 43.5 Å². The topological polar surface area (TPSA) is 49.7 Å². The molecule has 0 atom stereocenters. The summed E-state index contributed by atoms with van der Waals surface area (Å²) in [7, 11) is 1.59. The van der Waals surface area contributed by atoms with Crippen LogP contribution in [0.2, 0.25) is 0 Å². The van der Waals surface area contributed by atoms with Crippen LogP contribution >= 0.6 is 0 Å². The lowest BCUT2D eigenvalue weighted by atomic mass is 10.1.